The molecular weight excluding hydrogens is 284 g/mol. The molecule has 1 heterocycles. The number of hydrogen-bond donors (Lipinski definition) is 1. The largest absolute Gasteiger partial charge is 0.330 e. The summed E-state index contributed by atoms with van der Waals surface area (Å²) >= 11 is 0. The van der Waals surface area contributed by atoms with Gasteiger partial charge in [0.05, 0.1) is 4.90 Å². The lowest BCUT2D eigenvalue weighted by molar-refractivity contribution is 0.342. The molecule has 2 rings (SSSR count). The molecular formula is C16H26N2O2S. The maximum Gasteiger partial charge on any atom is 0.243 e. The zero-order chi connectivity index (χ0) is 15.3. The number of hydrogen-bond acceptors (Lipinski definition) is 3. The van der Waals surface area contributed by atoms with Crippen LogP contribution in [0.1, 0.15) is 44.6 Å². The molecule has 1 fully saturated rings. The van der Waals surface area contributed by atoms with Crippen LogP contribution >= 0.6 is 0 Å². The number of nitrogens with two attached hydrogens (primary N) is 1. The summed E-state index contributed by atoms with van der Waals surface area (Å²) in [6.07, 6.45) is 5.97. The summed E-state index contributed by atoms with van der Waals surface area (Å²) in [7, 11) is -3.36. The third kappa shape index (κ3) is 4.05. The van der Waals surface area contributed by atoms with Crippen LogP contribution in [-0.2, 0) is 16.4 Å². The van der Waals surface area contributed by atoms with Crippen molar-refractivity contribution in [3.05, 3.63) is 29.8 Å². The first-order valence-electron chi connectivity index (χ1n) is 7.86. The highest BCUT2D eigenvalue weighted by Crippen LogP contribution is 2.24. The van der Waals surface area contributed by atoms with E-state index >= 15 is 0 Å². The van der Waals surface area contributed by atoms with Crippen LogP contribution in [0.4, 0.5) is 0 Å². The zero-order valence-corrected chi connectivity index (χ0v) is 13.6. The van der Waals surface area contributed by atoms with E-state index in [1.54, 1.807) is 16.4 Å². The Hall–Kier alpha value is -0.910. The highest BCUT2D eigenvalue weighted by Gasteiger charge is 2.29. The molecule has 0 spiro atoms. The fraction of sp³-hybridized carbons (Fsp3) is 0.625. The van der Waals surface area contributed by atoms with Gasteiger partial charge in [-0.15, -0.1) is 0 Å². The first-order valence-corrected chi connectivity index (χ1v) is 9.30. The zero-order valence-electron chi connectivity index (χ0n) is 12.8. The number of benzene rings is 1. The van der Waals surface area contributed by atoms with E-state index in [2.05, 4.69) is 0 Å². The summed E-state index contributed by atoms with van der Waals surface area (Å²) in [6.45, 7) is 3.31. The van der Waals surface area contributed by atoms with Gasteiger partial charge in [-0.3, -0.25) is 0 Å². The van der Waals surface area contributed by atoms with Gasteiger partial charge in [-0.2, -0.15) is 4.31 Å². The molecule has 0 aromatic heterocycles. The van der Waals surface area contributed by atoms with Gasteiger partial charge in [0.1, 0.15) is 0 Å². The van der Waals surface area contributed by atoms with Crippen LogP contribution in [-0.4, -0.2) is 31.9 Å². The molecule has 0 radical (unpaired) electrons. The molecule has 0 aliphatic carbocycles. The van der Waals surface area contributed by atoms with E-state index < -0.39 is 10.0 Å². The van der Waals surface area contributed by atoms with E-state index in [4.69, 9.17) is 5.73 Å². The molecule has 4 nitrogen and oxygen atoms in total. The Bertz CT molecular complexity index is 540. The van der Waals surface area contributed by atoms with Crippen LogP contribution in [0.25, 0.3) is 0 Å². The fourth-order valence-corrected chi connectivity index (χ4v) is 4.57. The topological polar surface area (TPSA) is 63.4 Å². The van der Waals surface area contributed by atoms with Crippen molar-refractivity contribution in [3.8, 4) is 0 Å². The Balaban J connectivity index is 2.18. The lowest BCUT2D eigenvalue weighted by atomic mass is 10.1. The van der Waals surface area contributed by atoms with Crippen LogP contribution in [0.3, 0.4) is 0 Å². The van der Waals surface area contributed by atoms with E-state index in [1.807, 2.05) is 19.1 Å². The smallest absolute Gasteiger partial charge is 0.243 e. The van der Waals surface area contributed by atoms with E-state index in [0.29, 0.717) is 18.0 Å². The number of rotatable bonds is 5. The molecule has 0 amide bonds. The minimum absolute atomic E-state index is 0.0921. The Morgan fingerprint density at radius 2 is 1.90 bits per heavy atom. The summed E-state index contributed by atoms with van der Waals surface area (Å²) in [5.74, 6) is 0. The van der Waals surface area contributed by atoms with Gasteiger partial charge in [0.2, 0.25) is 10.0 Å². The summed E-state index contributed by atoms with van der Waals surface area (Å²) in [6, 6.07) is 7.38. The first-order chi connectivity index (χ1) is 10.1. The standard InChI is InChI=1S/C16H26N2O2S/c1-14-6-3-2-4-13-18(14)21(19,20)16-10-8-15(9-11-16)7-5-12-17/h8-11,14H,2-7,12-13,17H2,1H3. The molecule has 5 heteroatoms. The molecule has 1 atom stereocenters. The highest BCUT2D eigenvalue weighted by atomic mass is 32.2. The molecule has 1 aromatic rings. The average Bonchev–Trinajstić information content (AvgIpc) is 2.70. The maximum absolute atomic E-state index is 12.8. The molecule has 118 valence electrons. The quantitative estimate of drug-likeness (QED) is 0.909. The van der Waals surface area contributed by atoms with Crippen molar-refractivity contribution in [1.82, 2.24) is 4.31 Å². The molecule has 1 aliphatic rings. The molecule has 21 heavy (non-hydrogen) atoms. The SMILES string of the molecule is CC1CCCCCN1S(=O)(=O)c1ccc(CCCN)cc1. The normalized spacial score (nSPS) is 21.1. The second-order valence-electron chi connectivity index (χ2n) is 5.85. The van der Waals surface area contributed by atoms with Gasteiger partial charge >= 0.3 is 0 Å². The van der Waals surface area contributed by atoms with Crippen LogP contribution in [0, 0.1) is 0 Å². The van der Waals surface area contributed by atoms with E-state index in [0.717, 1.165) is 44.1 Å². The van der Waals surface area contributed by atoms with Crippen molar-refractivity contribution < 1.29 is 8.42 Å². The summed E-state index contributed by atoms with van der Waals surface area (Å²) in [5, 5.41) is 0. The molecule has 1 unspecified atom stereocenters. The third-order valence-corrected chi connectivity index (χ3v) is 6.22. The molecule has 0 saturated carbocycles. The van der Waals surface area contributed by atoms with Crippen LogP contribution in [0.5, 0.6) is 0 Å². The predicted octanol–water partition coefficient (Wildman–Crippen LogP) is 2.53. The number of aryl methyl sites for hydroxylation is 1. The Labute approximate surface area is 128 Å². The van der Waals surface area contributed by atoms with Gasteiger partial charge in [0.25, 0.3) is 0 Å². The van der Waals surface area contributed by atoms with Gasteiger partial charge in [0.15, 0.2) is 0 Å². The summed E-state index contributed by atoms with van der Waals surface area (Å²) in [5.41, 5.74) is 6.64. The molecule has 1 aromatic carbocycles. The minimum atomic E-state index is -3.36. The van der Waals surface area contributed by atoms with Crippen molar-refractivity contribution in [2.24, 2.45) is 5.73 Å². The van der Waals surface area contributed by atoms with Crippen molar-refractivity contribution in [2.75, 3.05) is 13.1 Å². The van der Waals surface area contributed by atoms with Gasteiger partial charge in [0, 0.05) is 12.6 Å². The van der Waals surface area contributed by atoms with Crippen LogP contribution in [0.15, 0.2) is 29.2 Å². The summed E-state index contributed by atoms with van der Waals surface area (Å²) in [4.78, 5) is 0.410. The predicted molar refractivity (Wildman–Crippen MR) is 85.6 cm³/mol. The number of nitrogens with zero attached hydrogens (tertiary/aromatic N) is 1. The Morgan fingerprint density at radius 3 is 2.57 bits per heavy atom. The second-order valence-corrected chi connectivity index (χ2v) is 7.74. The van der Waals surface area contributed by atoms with Gasteiger partial charge in [-0.25, -0.2) is 8.42 Å². The molecule has 1 saturated heterocycles. The van der Waals surface area contributed by atoms with Gasteiger partial charge in [-0.05, 0) is 56.8 Å². The van der Waals surface area contributed by atoms with Crippen molar-refractivity contribution in [1.29, 1.82) is 0 Å². The lowest BCUT2D eigenvalue weighted by Gasteiger charge is -2.26. The average molecular weight is 310 g/mol. The van der Waals surface area contributed by atoms with Crippen molar-refractivity contribution >= 4 is 10.0 Å². The third-order valence-electron chi connectivity index (χ3n) is 4.19. The Morgan fingerprint density at radius 1 is 1.19 bits per heavy atom. The van der Waals surface area contributed by atoms with E-state index in [1.165, 1.54) is 0 Å². The van der Waals surface area contributed by atoms with Crippen LogP contribution in [0.2, 0.25) is 0 Å². The molecule has 1 aliphatic heterocycles. The first kappa shape index (κ1) is 16.5. The van der Waals surface area contributed by atoms with Crippen molar-refractivity contribution in [2.45, 2.75) is 56.4 Å². The van der Waals surface area contributed by atoms with Gasteiger partial charge < -0.3 is 5.73 Å². The minimum Gasteiger partial charge on any atom is -0.330 e. The molecule has 2 N–H and O–H groups in total. The van der Waals surface area contributed by atoms with Crippen LogP contribution < -0.4 is 5.73 Å². The summed E-state index contributed by atoms with van der Waals surface area (Å²) < 4.78 is 27.2. The highest BCUT2D eigenvalue weighted by molar-refractivity contribution is 7.89. The van der Waals surface area contributed by atoms with Gasteiger partial charge in [-0.1, -0.05) is 25.0 Å². The maximum atomic E-state index is 12.8. The Kier molecular flexibility index (Phi) is 5.79. The van der Waals surface area contributed by atoms with E-state index in [-0.39, 0.29) is 6.04 Å². The van der Waals surface area contributed by atoms with Crippen molar-refractivity contribution in [3.63, 3.8) is 0 Å². The monoisotopic (exact) mass is 310 g/mol. The lowest BCUT2D eigenvalue weighted by Crippen LogP contribution is -2.38. The number of sulfonamides is 1. The second kappa shape index (κ2) is 7.38. The van der Waals surface area contributed by atoms with E-state index in [9.17, 15) is 8.42 Å². The molecule has 0 bridgehead atoms. The fourth-order valence-electron chi connectivity index (χ4n) is 2.88.